The van der Waals surface area contributed by atoms with Crippen LogP contribution in [0.15, 0.2) is 0 Å². The highest BCUT2D eigenvalue weighted by molar-refractivity contribution is 5.83. The average Bonchev–Trinajstić information content (AvgIpc) is 2.82. The molecule has 4 nitrogen and oxygen atoms in total. The van der Waals surface area contributed by atoms with E-state index in [0.29, 0.717) is 12.3 Å². The molecule has 1 heterocycles. The minimum absolute atomic E-state index is 0.271. The Bertz CT molecular complexity index is 196. The molecule has 0 unspecified atom stereocenters. The highest BCUT2D eigenvalue weighted by Crippen LogP contribution is 2.35. The Hall–Kier alpha value is -0.610. The van der Waals surface area contributed by atoms with Crippen molar-refractivity contribution in [2.24, 2.45) is 5.92 Å². The molecular weight excluding hydrogens is 172 g/mol. The van der Waals surface area contributed by atoms with E-state index < -0.39 is 17.7 Å². The molecule has 1 aliphatic rings. The molecule has 1 aliphatic heterocycles. The zero-order chi connectivity index (χ0) is 10.1. The maximum atomic E-state index is 11.2. The maximum Gasteiger partial charge on any atom is 0.343 e. The van der Waals surface area contributed by atoms with E-state index in [1.54, 1.807) is 0 Å². The van der Waals surface area contributed by atoms with Gasteiger partial charge in [0.15, 0.2) is 0 Å². The van der Waals surface area contributed by atoms with Crippen molar-refractivity contribution in [2.45, 2.75) is 32.0 Å². The molecule has 0 spiro atoms. The first-order valence-corrected chi connectivity index (χ1v) is 4.43. The number of methoxy groups -OCH3 is 1. The van der Waals surface area contributed by atoms with Crippen LogP contribution >= 0.6 is 0 Å². The molecule has 1 rings (SSSR count). The van der Waals surface area contributed by atoms with E-state index in [1.807, 2.05) is 13.8 Å². The molecule has 0 amide bonds. The van der Waals surface area contributed by atoms with Gasteiger partial charge in [0.2, 0.25) is 5.60 Å². The number of hydrogen-bond acceptors (Lipinski definition) is 4. The number of esters is 1. The van der Waals surface area contributed by atoms with Gasteiger partial charge in [0.25, 0.3) is 0 Å². The first-order chi connectivity index (χ1) is 6.03. The van der Waals surface area contributed by atoms with Crippen LogP contribution in [0.1, 0.15) is 20.3 Å². The quantitative estimate of drug-likeness (QED) is 0.510. The zero-order valence-corrected chi connectivity index (χ0v) is 8.24. The summed E-state index contributed by atoms with van der Waals surface area (Å²) < 4.78 is 9.54. The molecule has 76 valence electrons. The second kappa shape index (κ2) is 3.64. The molecular formula is C9H16O4. The van der Waals surface area contributed by atoms with Crippen molar-refractivity contribution in [1.82, 2.24) is 0 Å². The van der Waals surface area contributed by atoms with Gasteiger partial charge in [-0.3, -0.25) is 0 Å². The van der Waals surface area contributed by atoms with Gasteiger partial charge in [-0.25, -0.2) is 4.79 Å². The first kappa shape index (κ1) is 10.5. The van der Waals surface area contributed by atoms with Crippen LogP contribution in [-0.2, 0) is 14.3 Å². The fourth-order valence-corrected chi connectivity index (χ4v) is 1.33. The van der Waals surface area contributed by atoms with Gasteiger partial charge in [0, 0.05) is 0 Å². The summed E-state index contributed by atoms with van der Waals surface area (Å²) in [6, 6.07) is 0. The fourth-order valence-electron chi connectivity index (χ4n) is 1.33. The van der Waals surface area contributed by atoms with Gasteiger partial charge < -0.3 is 14.6 Å². The van der Waals surface area contributed by atoms with Crippen molar-refractivity contribution in [3.8, 4) is 0 Å². The lowest BCUT2D eigenvalue weighted by Crippen LogP contribution is -2.39. The third-order valence-electron chi connectivity index (χ3n) is 2.22. The van der Waals surface area contributed by atoms with Crippen LogP contribution < -0.4 is 0 Å². The number of rotatable bonds is 4. The molecule has 0 aliphatic carbocycles. The molecule has 4 heteroatoms. The van der Waals surface area contributed by atoms with Crippen LogP contribution in [0.2, 0.25) is 0 Å². The Kier molecular flexibility index (Phi) is 2.93. The summed E-state index contributed by atoms with van der Waals surface area (Å²) in [6.45, 7) is 4.24. The van der Waals surface area contributed by atoms with E-state index in [-0.39, 0.29) is 6.61 Å². The number of carbonyl (C=O) groups is 1. The highest BCUT2D eigenvalue weighted by atomic mass is 16.6. The SMILES string of the molecule is COC(=O)[C@@]1([C@H](O)CC(C)C)CO1. The predicted octanol–water partition coefficient (Wildman–Crippen LogP) is 0.335. The molecule has 0 bridgehead atoms. The molecule has 0 aromatic heterocycles. The minimum atomic E-state index is -1.06. The fraction of sp³-hybridized carbons (Fsp3) is 0.889. The largest absolute Gasteiger partial charge is 0.467 e. The van der Waals surface area contributed by atoms with E-state index in [4.69, 9.17) is 4.74 Å². The Balaban J connectivity index is 2.54. The van der Waals surface area contributed by atoms with Crippen LogP contribution in [0.4, 0.5) is 0 Å². The smallest absolute Gasteiger partial charge is 0.343 e. The van der Waals surface area contributed by atoms with Gasteiger partial charge in [-0.05, 0) is 12.3 Å². The molecule has 0 aromatic carbocycles. The molecule has 1 fully saturated rings. The number of hydrogen-bond donors (Lipinski definition) is 1. The normalized spacial score (nSPS) is 28.7. The van der Waals surface area contributed by atoms with Crippen molar-refractivity contribution >= 4 is 5.97 Å². The number of carbonyl (C=O) groups excluding carboxylic acids is 1. The molecule has 0 saturated carbocycles. The Morgan fingerprint density at radius 2 is 2.23 bits per heavy atom. The van der Waals surface area contributed by atoms with Gasteiger partial charge in [-0.1, -0.05) is 13.8 Å². The molecule has 2 atom stereocenters. The first-order valence-electron chi connectivity index (χ1n) is 4.43. The lowest BCUT2D eigenvalue weighted by atomic mass is 9.95. The van der Waals surface area contributed by atoms with Gasteiger partial charge in [-0.15, -0.1) is 0 Å². The van der Waals surface area contributed by atoms with Gasteiger partial charge in [-0.2, -0.15) is 0 Å². The lowest BCUT2D eigenvalue weighted by molar-refractivity contribution is -0.151. The molecule has 1 N–H and O–H groups in total. The second-order valence-corrected chi connectivity index (χ2v) is 3.82. The van der Waals surface area contributed by atoms with E-state index in [0.717, 1.165) is 0 Å². The minimum Gasteiger partial charge on any atom is -0.467 e. The summed E-state index contributed by atoms with van der Waals surface area (Å²) >= 11 is 0. The Labute approximate surface area is 77.8 Å². The van der Waals surface area contributed by atoms with E-state index in [1.165, 1.54) is 7.11 Å². The second-order valence-electron chi connectivity index (χ2n) is 3.82. The number of ether oxygens (including phenoxy) is 2. The van der Waals surface area contributed by atoms with Gasteiger partial charge in [0.05, 0.1) is 19.8 Å². The Morgan fingerprint density at radius 3 is 2.54 bits per heavy atom. The topological polar surface area (TPSA) is 59.1 Å². The van der Waals surface area contributed by atoms with Crippen molar-refractivity contribution in [3.05, 3.63) is 0 Å². The van der Waals surface area contributed by atoms with Crippen LogP contribution in [-0.4, -0.2) is 36.5 Å². The van der Waals surface area contributed by atoms with Crippen LogP contribution in [0.3, 0.4) is 0 Å². The van der Waals surface area contributed by atoms with Crippen molar-refractivity contribution in [3.63, 3.8) is 0 Å². The number of aliphatic hydroxyl groups is 1. The maximum absolute atomic E-state index is 11.2. The zero-order valence-electron chi connectivity index (χ0n) is 8.24. The monoisotopic (exact) mass is 188 g/mol. The third-order valence-corrected chi connectivity index (χ3v) is 2.22. The molecule has 0 radical (unpaired) electrons. The standard InChI is InChI=1S/C9H16O4/c1-6(2)4-7(10)9(5-13-9)8(11)12-3/h6-7,10H,4-5H2,1-3H3/t7-,9+/m1/s1. The average molecular weight is 188 g/mol. The van der Waals surface area contributed by atoms with Crippen molar-refractivity contribution in [2.75, 3.05) is 13.7 Å². The highest BCUT2D eigenvalue weighted by Gasteiger charge is 2.59. The van der Waals surface area contributed by atoms with Gasteiger partial charge >= 0.3 is 5.97 Å². The summed E-state index contributed by atoms with van der Waals surface area (Å²) in [5.41, 5.74) is -1.06. The van der Waals surface area contributed by atoms with E-state index in [2.05, 4.69) is 4.74 Å². The van der Waals surface area contributed by atoms with Crippen LogP contribution in [0, 0.1) is 5.92 Å². The third kappa shape index (κ3) is 2.00. The van der Waals surface area contributed by atoms with E-state index >= 15 is 0 Å². The Morgan fingerprint density at radius 1 is 1.69 bits per heavy atom. The van der Waals surface area contributed by atoms with Crippen molar-refractivity contribution in [1.29, 1.82) is 0 Å². The summed E-state index contributed by atoms with van der Waals surface area (Å²) in [4.78, 5) is 11.2. The summed E-state index contributed by atoms with van der Waals surface area (Å²) in [6.07, 6.45) is -0.199. The summed E-state index contributed by atoms with van der Waals surface area (Å²) in [7, 11) is 1.30. The molecule has 13 heavy (non-hydrogen) atoms. The molecule has 0 aromatic rings. The summed E-state index contributed by atoms with van der Waals surface area (Å²) in [5, 5.41) is 9.69. The van der Waals surface area contributed by atoms with Crippen LogP contribution in [0.25, 0.3) is 0 Å². The van der Waals surface area contributed by atoms with Crippen LogP contribution in [0.5, 0.6) is 0 Å². The number of epoxide rings is 1. The lowest BCUT2D eigenvalue weighted by Gasteiger charge is -2.18. The van der Waals surface area contributed by atoms with Crippen molar-refractivity contribution < 1.29 is 19.4 Å². The van der Waals surface area contributed by atoms with E-state index in [9.17, 15) is 9.90 Å². The number of aliphatic hydroxyl groups excluding tert-OH is 1. The van der Waals surface area contributed by atoms with Gasteiger partial charge in [0.1, 0.15) is 0 Å². The predicted molar refractivity (Wildman–Crippen MR) is 46.2 cm³/mol. The summed E-state index contributed by atoms with van der Waals surface area (Å²) in [5.74, 6) is -0.138. The molecule has 1 saturated heterocycles.